The fourth-order valence-corrected chi connectivity index (χ4v) is 1.96. The van der Waals surface area contributed by atoms with Crippen LogP contribution >= 0.6 is 0 Å². The van der Waals surface area contributed by atoms with E-state index in [0.717, 1.165) is 24.9 Å². The fraction of sp³-hybridized carbons (Fsp3) is 0.500. The average molecular weight is 274 g/mol. The lowest BCUT2D eigenvalue weighted by Gasteiger charge is -2.23. The molecule has 2 rings (SSSR count). The van der Waals surface area contributed by atoms with E-state index in [9.17, 15) is 9.59 Å². The molecule has 0 aliphatic heterocycles. The van der Waals surface area contributed by atoms with E-state index in [0.29, 0.717) is 5.56 Å². The van der Waals surface area contributed by atoms with Crippen LogP contribution in [-0.4, -0.2) is 29.8 Å². The van der Waals surface area contributed by atoms with Crippen molar-refractivity contribution < 1.29 is 9.59 Å². The van der Waals surface area contributed by atoms with E-state index in [-0.39, 0.29) is 23.8 Å². The normalized spacial score (nSPS) is 15.6. The molecule has 1 fully saturated rings. The zero-order chi connectivity index (χ0) is 14.7. The molecule has 0 spiro atoms. The van der Waals surface area contributed by atoms with Gasteiger partial charge < -0.3 is 10.2 Å². The largest absolute Gasteiger partial charge is 0.339 e. The smallest absolute Gasteiger partial charge is 0.253 e. The van der Waals surface area contributed by atoms with Gasteiger partial charge in [0.1, 0.15) is 0 Å². The van der Waals surface area contributed by atoms with E-state index < -0.39 is 0 Å². The molecule has 1 N–H and O–H groups in total. The second-order valence-electron chi connectivity index (χ2n) is 5.51. The summed E-state index contributed by atoms with van der Waals surface area (Å²) in [7, 11) is 1.82. The number of benzene rings is 1. The van der Waals surface area contributed by atoms with Crippen molar-refractivity contribution in [2.24, 2.45) is 5.92 Å². The number of hydrogen-bond acceptors (Lipinski definition) is 2. The first-order valence-corrected chi connectivity index (χ1v) is 7.21. The Morgan fingerprint density at radius 3 is 2.40 bits per heavy atom. The first kappa shape index (κ1) is 14.6. The van der Waals surface area contributed by atoms with Gasteiger partial charge in [0.25, 0.3) is 5.91 Å². The molecule has 2 amide bonds. The van der Waals surface area contributed by atoms with Crippen LogP contribution in [0.4, 0.5) is 5.69 Å². The lowest BCUT2D eigenvalue weighted by molar-refractivity contribution is -0.117. The first-order valence-electron chi connectivity index (χ1n) is 7.21. The third kappa shape index (κ3) is 3.38. The Kier molecular flexibility index (Phi) is 4.42. The van der Waals surface area contributed by atoms with Crippen LogP contribution in [-0.2, 0) is 4.79 Å². The number of amides is 2. The highest BCUT2D eigenvalue weighted by Crippen LogP contribution is 2.30. The summed E-state index contributed by atoms with van der Waals surface area (Å²) in [6.07, 6.45) is 2.90. The van der Waals surface area contributed by atoms with E-state index in [2.05, 4.69) is 12.2 Å². The Morgan fingerprint density at radius 1 is 1.30 bits per heavy atom. The Morgan fingerprint density at radius 2 is 1.90 bits per heavy atom. The molecule has 0 aromatic heterocycles. The van der Waals surface area contributed by atoms with Crippen molar-refractivity contribution in [3.8, 4) is 0 Å². The van der Waals surface area contributed by atoms with Crippen molar-refractivity contribution in [1.29, 1.82) is 0 Å². The molecule has 1 aromatic rings. The van der Waals surface area contributed by atoms with E-state index in [4.69, 9.17) is 0 Å². The van der Waals surface area contributed by atoms with Crippen molar-refractivity contribution in [3.63, 3.8) is 0 Å². The summed E-state index contributed by atoms with van der Waals surface area (Å²) in [4.78, 5) is 25.6. The number of rotatable bonds is 5. The fourth-order valence-electron chi connectivity index (χ4n) is 1.96. The third-order valence-corrected chi connectivity index (χ3v) is 3.92. The van der Waals surface area contributed by atoms with E-state index in [1.54, 1.807) is 29.2 Å². The molecular formula is C16H22N2O2. The zero-order valence-corrected chi connectivity index (χ0v) is 12.3. The summed E-state index contributed by atoms with van der Waals surface area (Å²) in [6, 6.07) is 7.33. The molecule has 108 valence electrons. The van der Waals surface area contributed by atoms with E-state index in [1.807, 2.05) is 14.0 Å². The Bertz CT molecular complexity index is 492. The van der Waals surface area contributed by atoms with Crippen LogP contribution in [0.5, 0.6) is 0 Å². The number of nitrogens with one attached hydrogen (secondary N) is 1. The Hall–Kier alpha value is -1.84. The molecule has 1 aliphatic rings. The Balaban J connectivity index is 1.99. The number of hydrogen-bond donors (Lipinski definition) is 1. The van der Waals surface area contributed by atoms with Crippen LogP contribution in [0.25, 0.3) is 0 Å². The van der Waals surface area contributed by atoms with Gasteiger partial charge in [-0.05, 0) is 50.5 Å². The van der Waals surface area contributed by atoms with Gasteiger partial charge in [-0.15, -0.1) is 0 Å². The molecule has 1 saturated carbocycles. The average Bonchev–Trinajstić information content (AvgIpc) is 3.30. The summed E-state index contributed by atoms with van der Waals surface area (Å²) >= 11 is 0. The maximum atomic E-state index is 12.2. The lowest BCUT2D eigenvalue weighted by atomic mass is 10.1. The van der Waals surface area contributed by atoms with Crippen molar-refractivity contribution in [2.45, 2.75) is 39.2 Å². The monoisotopic (exact) mass is 274 g/mol. The molecule has 20 heavy (non-hydrogen) atoms. The van der Waals surface area contributed by atoms with Gasteiger partial charge in [0.05, 0.1) is 0 Å². The van der Waals surface area contributed by atoms with E-state index in [1.165, 1.54) is 0 Å². The van der Waals surface area contributed by atoms with Gasteiger partial charge in [-0.1, -0.05) is 6.92 Å². The van der Waals surface area contributed by atoms with Crippen LogP contribution in [0.15, 0.2) is 24.3 Å². The third-order valence-electron chi connectivity index (χ3n) is 3.92. The molecule has 0 heterocycles. The highest BCUT2D eigenvalue weighted by molar-refractivity contribution is 5.96. The molecule has 0 bridgehead atoms. The molecule has 0 radical (unpaired) electrons. The van der Waals surface area contributed by atoms with Crippen LogP contribution in [0.1, 0.15) is 43.5 Å². The predicted molar refractivity (Wildman–Crippen MR) is 79.6 cm³/mol. The number of carbonyl (C=O) groups excluding carboxylic acids is 2. The van der Waals surface area contributed by atoms with Gasteiger partial charge in [-0.25, -0.2) is 0 Å². The van der Waals surface area contributed by atoms with Gasteiger partial charge >= 0.3 is 0 Å². The molecule has 4 nitrogen and oxygen atoms in total. The van der Waals surface area contributed by atoms with Gasteiger partial charge in [-0.2, -0.15) is 0 Å². The van der Waals surface area contributed by atoms with Gasteiger partial charge in [0.2, 0.25) is 5.91 Å². The maximum Gasteiger partial charge on any atom is 0.253 e. The van der Waals surface area contributed by atoms with Crippen LogP contribution < -0.4 is 5.32 Å². The summed E-state index contributed by atoms with van der Waals surface area (Å²) < 4.78 is 0. The highest BCUT2D eigenvalue weighted by atomic mass is 16.2. The topological polar surface area (TPSA) is 49.4 Å². The van der Waals surface area contributed by atoms with Crippen molar-refractivity contribution in [2.75, 3.05) is 12.4 Å². The number of nitrogens with zero attached hydrogens (tertiary/aromatic N) is 1. The number of anilines is 1. The highest BCUT2D eigenvalue weighted by Gasteiger charge is 2.29. The minimum absolute atomic E-state index is 0.0134. The molecule has 1 aromatic carbocycles. The maximum absolute atomic E-state index is 12.2. The quantitative estimate of drug-likeness (QED) is 0.897. The van der Waals surface area contributed by atoms with Crippen LogP contribution in [0.2, 0.25) is 0 Å². The second-order valence-corrected chi connectivity index (χ2v) is 5.51. The summed E-state index contributed by atoms with van der Waals surface area (Å²) in [5.74, 6) is 0.285. The minimum Gasteiger partial charge on any atom is -0.339 e. The second kappa shape index (κ2) is 6.07. The standard InChI is InChI=1S/C16H22N2O2/c1-4-11(2)18(3)16(20)13-7-9-14(10-8-13)17-15(19)12-5-6-12/h7-12H,4-6H2,1-3H3,(H,17,19). The zero-order valence-electron chi connectivity index (χ0n) is 12.3. The predicted octanol–water partition coefficient (Wildman–Crippen LogP) is 2.91. The summed E-state index contributed by atoms with van der Waals surface area (Å²) in [6.45, 7) is 4.09. The van der Waals surface area contributed by atoms with Crippen LogP contribution in [0.3, 0.4) is 0 Å². The van der Waals surface area contributed by atoms with Crippen molar-refractivity contribution in [1.82, 2.24) is 4.90 Å². The molecule has 1 aliphatic carbocycles. The lowest BCUT2D eigenvalue weighted by Crippen LogP contribution is -2.34. The first-order chi connectivity index (χ1) is 9.52. The molecule has 1 atom stereocenters. The molecule has 0 saturated heterocycles. The summed E-state index contributed by atoms with van der Waals surface area (Å²) in [5.41, 5.74) is 1.40. The number of carbonyl (C=O) groups is 2. The molecular weight excluding hydrogens is 252 g/mol. The van der Waals surface area contributed by atoms with Gasteiger partial charge in [-0.3, -0.25) is 9.59 Å². The Labute approximate surface area is 120 Å². The summed E-state index contributed by atoms with van der Waals surface area (Å²) in [5, 5.41) is 2.87. The van der Waals surface area contributed by atoms with Crippen molar-refractivity contribution in [3.05, 3.63) is 29.8 Å². The minimum atomic E-state index is 0.0134. The van der Waals surface area contributed by atoms with Gasteiger partial charge in [0, 0.05) is 30.3 Å². The van der Waals surface area contributed by atoms with Crippen LogP contribution in [0, 0.1) is 5.92 Å². The van der Waals surface area contributed by atoms with E-state index >= 15 is 0 Å². The molecule has 1 unspecified atom stereocenters. The van der Waals surface area contributed by atoms with Crippen molar-refractivity contribution >= 4 is 17.5 Å². The molecule has 4 heteroatoms. The SMILES string of the molecule is CCC(C)N(C)C(=O)c1ccc(NC(=O)C2CC2)cc1. The van der Waals surface area contributed by atoms with Gasteiger partial charge in [0.15, 0.2) is 0 Å².